The monoisotopic (exact) mass is 204 g/mol. The van der Waals surface area contributed by atoms with Gasteiger partial charge in [-0.3, -0.25) is 4.79 Å². The summed E-state index contributed by atoms with van der Waals surface area (Å²) in [4.78, 5) is 13.7. The Morgan fingerprint density at radius 3 is 2.71 bits per heavy atom. The third kappa shape index (κ3) is 1.90. The average molecular weight is 204 g/mol. The molecule has 0 amide bonds. The second-order valence-corrected chi connectivity index (χ2v) is 2.61. The minimum Gasteiger partial charge on any atom is -0.482 e. The SMILES string of the molecule is COc1[nH]c(CN)cc(=O)c1C(F)F. The first kappa shape index (κ1) is 10.6. The first-order chi connectivity index (χ1) is 6.60. The zero-order valence-corrected chi connectivity index (χ0v) is 7.51. The third-order valence-corrected chi connectivity index (χ3v) is 1.73. The molecule has 78 valence electrons. The molecule has 1 aromatic rings. The lowest BCUT2D eigenvalue weighted by Gasteiger charge is -2.08. The summed E-state index contributed by atoms with van der Waals surface area (Å²) in [6.07, 6.45) is -2.86. The van der Waals surface area contributed by atoms with Crippen LogP contribution >= 0.6 is 0 Å². The molecule has 0 aliphatic rings. The lowest BCUT2D eigenvalue weighted by Crippen LogP contribution is -2.15. The van der Waals surface area contributed by atoms with Crippen LogP contribution in [0, 0.1) is 0 Å². The Morgan fingerprint density at radius 2 is 2.29 bits per heavy atom. The fraction of sp³-hybridized carbons (Fsp3) is 0.375. The quantitative estimate of drug-likeness (QED) is 0.764. The summed E-state index contributed by atoms with van der Waals surface area (Å²) >= 11 is 0. The van der Waals surface area contributed by atoms with E-state index >= 15 is 0 Å². The van der Waals surface area contributed by atoms with Gasteiger partial charge in [-0.15, -0.1) is 0 Å². The molecule has 3 N–H and O–H groups in total. The minimum atomic E-state index is -2.86. The van der Waals surface area contributed by atoms with Crippen LogP contribution in [0.2, 0.25) is 0 Å². The van der Waals surface area contributed by atoms with Gasteiger partial charge in [-0.1, -0.05) is 0 Å². The number of halogens is 2. The number of aromatic amines is 1. The number of aromatic nitrogens is 1. The van der Waals surface area contributed by atoms with Gasteiger partial charge in [0.1, 0.15) is 5.56 Å². The van der Waals surface area contributed by atoms with Crippen LogP contribution in [0.4, 0.5) is 8.78 Å². The molecule has 14 heavy (non-hydrogen) atoms. The van der Waals surface area contributed by atoms with E-state index in [0.717, 1.165) is 6.07 Å². The summed E-state index contributed by atoms with van der Waals surface area (Å²) < 4.78 is 29.4. The summed E-state index contributed by atoms with van der Waals surface area (Å²) in [6.45, 7) is 0.0646. The summed E-state index contributed by atoms with van der Waals surface area (Å²) in [5.74, 6) is -0.229. The van der Waals surface area contributed by atoms with Crippen molar-refractivity contribution in [2.75, 3.05) is 7.11 Å². The molecule has 0 radical (unpaired) electrons. The molecule has 0 fully saturated rings. The van der Waals surface area contributed by atoms with E-state index in [1.807, 2.05) is 0 Å². The van der Waals surface area contributed by atoms with Gasteiger partial charge in [0, 0.05) is 18.3 Å². The summed E-state index contributed by atoms with van der Waals surface area (Å²) in [5, 5.41) is 0. The van der Waals surface area contributed by atoms with Gasteiger partial charge < -0.3 is 15.5 Å². The van der Waals surface area contributed by atoms with Gasteiger partial charge in [0.15, 0.2) is 5.43 Å². The maximum Gasteiger partial charge on any atom is 0.272 e. The van der Waals surface area contributed by atoms with Crippen molar-refractivity contribution in [2.24, 2.45) is 5.73 Å². The van der Waals surface area contributed by atoms with Crippen molar-refractivity contribution in [1.29, 1.82) is 0 Å². The number of hydrogen-bond donors (Lipinski definition) is 2. The summed E-state index contributed by atoms with van der Waals surface area (Å²) in [5.41, 5.74) is 4.18. The van der Waals surface area contributed by atoms with Crippen LogP contribution < -0.4 is 15.9 Å². The van der Waals surface area contributed by atoms with Crippen molar-refractivity contribution < 1.29 is 13.5 Å². The Kier molecular flexibility index (Phi) is 3.19. The van der Waals surface area contributed by atoms with Gasteiger partial charge in [0.2, 0.25) is 5.88 Å². The lowest BCUT2D eigenvalue weighted by atomic mass is 10.2. The highest BCUT2D eigenvalue weighted by atomic mass is 19.3. The van der Waals surface area contributed by atoms with E-state index in [1.165, 1.54) is 7.11 Å². The second-order valence-electron chi connectivity index (χ2n) is 2.61. The van der Waals surface area contributed by atoms with Crippen LogP contribution in [0.5, 0.6) is 5.88 Å². The van der Waals surface area contributed by atoms with Gasteiger partial charge in [0.25, 0.3) is 6.43 Å². The van der Waals surface area contributed by atoms with Crippen LogP contribution in [0.25, 0.3) is 0 Å². The van der Waals surface area contributed by atoms with Gasteiger partial charge >= 0.3 is 0 Å². The van der Waals surface area contributed by atoms with E-state index in [9.17, 15) is 13.6 Å². The number of rotatable bonds is 3. The minimum absolute atomic E-state index is 0.0646. The van der Waals surface area contributed by atoms with Crippen molar-refractivity contribution >= 4 is 0 Å². The number of H-pyrrole nitrogens is 1. The van der Waals surface area contributed by atoms with Crippen molar-refractivity contribution in [1.82, 2.24) is 4.98 Å². The van der Waals surface area contributed by atoms with Gasteiger partial charge in [-0.2, -0.15) is 0 Å². The molecule has 0 unspecified atom stereocenters. The van der Waals surface area contributed by atoms with E-state index < -0.39 is 17.4 Å². The summed E-state index contributed by atoms with van der Waals surface area (Å²) in [7, 11) is 1.21. The maximum atomic E-state index is 12.4. The average Bonchev–Trinajstić information content (AvgIpc) is 2.15. The number of pyridine rings is 1. The fourth-order valence-electron chi connectivity index (χ4n) is 1.07. The molecule has 0 aliphatic heterocycles. The van der Waals surface area contributed by atoms with E-state index in [2.05, 4.69) is 9.72 Å². The van der Waals surface area contributed by atoms with Crippen molar-refractivity contribution in [2.45, 2.75) is 13.0 Å². The molecule has 6 heteroatoms. The van der Waals surface area contributed by atoms with E-state index in [-0.39, 0.29) is 12.4 Å². The zero-order valence-electron chi connectivity index (χ0n) is 7.51. The second kappa shape index (κ2) is 4.19. The Balaban J connectivity index is 3.35. The third-order valence-electron chi connectivity index (χ3n) is 1.73. The Morgan fingerprint density at radius 1 is 1.64 bits per heavy atom. The first-order valence-electron chi connectivity index (χ1n) is 3.88. The molecule has 0 aliphatic carbocycles. The zero-order chi connectivity index (χ0) is 10.7. The molecule has 1 heterocycles. The number of hydrogen-bond acceptors (Lipinski definition) is 3. The molecule has 1 rings (SSSR count). The van der Waals surface area contributed by atoms with Gasteiger partial charge in [-0.25, -0.2) is 8.78 Å². The molecular formula is C8H10F2N2O2. The summed E-state index contributed by atoms with van der Waals surface area (Å²) in [6, 6.07) is 1.05. The Hall–Kier alpha value is -1.43. The van der Waals surface area contributed by atoms with Gasteiger partial charge in [-0.05, 0) is 0 Å². The Bertz CT molecular complexity index is 376. The highest BCUT2D eigenvalue weighted by molar-refractivity contribution is 5.29. The van der Waals surface area contributed by atoms with Crippen LogP contribution in [-0.2, 0) is 6.54 Å². The Labute approximate surface area is 78.7 Å². The number of methoxy groups -OCH3 is 1. The van der Waals surface area contributed by atoms with Crippen LogP contribution in [0.15, 0.2) is 10.9 Å². The van der Waals surface area contributed by atoms with Crippen LogP contribution in [-0.4, -0.2) is 12.1 Å². The predicted octanol–water partition coefficient (Wildman–Crippen LogP) is 0.780. The maximum absolute atomic E-state index is 12.4. The standard InChI is InChI=1S/C8H10F2N2O2/c1-14-8-6(7(9)10)5(13)2-4(3-11)12-8/h2,7H,3,11H2,1H3,(H,12,13). The predicted molar refractivity (Wildman–Crippen MR) is 46.5 cm³/mol. The highest BCUT2D eigenvalue weighted by Crippen LogP contribution is 2.23. The van der Waals surface area contributed by atoms with Gasteiger partial charge in [0.05, 0.1) is 7.11 Å². The lowest BCUT2D eigenvalue weighted by molar-refractivity contribution is 0.144. The molecular weight excluding hydrogens is 194 g/mol. The molecule has 0 saturated carbocycles. The van der Waals surface area contributed by atoms with Crippen molar-refractivity contribution in [3.63, 3.8) is 0 Å². The van der Waals surface area contributed by atoms with Crippen LogP contribution in [0.3, 0.4) is 0 Å². The molecule has 0 bridgehead atoms. The topological polar surface area (TPSA) is 68.1 Å². The molecule has 0 aromatic carbocycles. The van der Waals surface area contributed by atoms with Crippen molar-refractivity contribution in [3.05, 3.63) is 27.5 Å². The molecule has 0 atom stereocenters. The smallest absolute Gasteiger partial charge is 0.272 e. The fourth-order valence-corrected chi connectivity index (χ4v) is 1.07. The van der Waals surface area contributed by atoms with Crippen molar-refractivity contribution in [3.8, 4) is 5.88 Å². The molecule has 0 saturated heterocycles. The number of alkyl halides is 2. The normalized spacial score (nSPS) is 10.6. The molecule has 1 aromatic heterocycles. The number of ether oxygens (including phenoxy) is 1. The van der Waals surface area contributed by atoms with E-state index in [1.54, 1.807) is 0 Å². The van der Waals surface area contributed by atoms with Crippen LogP contribution in [0.1, 0.15) is 17.7 Å². The number of nitrogens with two attached hydrogens (primary N) is 1. The van der Waals surface area contributed by atoms with E-state index in [4.69, 9.17) is 5.73 Å². The molecule has 0 spiro atoms. The highest BCUT2D eigenvalue weighted by Gasteiger charge is 2.19. The number of nitrogens with one attached hydrogen (secondary N) is 1. The molecule has 4 nitrogen and oxygen atoms in total. The first-order valence-corrected chi connectivity index (χ1v) is 3.88. The van der Waals surface area contributed by atoms with E-state index in [0.29, 0.717) is 5.69 Å². The largest absolute Gasteiger partial charge is 0.482 e.